The molecule has 1 N–H and O–H groups in total. The Kier molecular flexibility index (Phi) is 6.22. The smallest absolute Gasteiger partial charge is 0.0491 e. The summed E-state index contributed by atoms with van der Waals surface area (Å²) in [5.74, 6) is 0.751. The first-order valence-corrected chi connectivity index (χ1v) is 8.09. The van der Waals surface area contributed by atoms with Gasteiger partial charge in [-0.1, -0.05) is 18.2 Å². The average Bonchev–Trinajstić information content (AvgIpc) is 2.50. The molecule has 1 aliphatic heterocycles. The van der Waals surface area contributed by atoms with Crippen LogP contribution in [0.3, 0.4) is 0 Å². The molecular weight excluding hydrogens is 260 g/mol. The number of rotatable bonds is 6. The van der Waals surface area contributed by atoms with E-state index in [1.807, 2.05) is 7.11 Å². The van der Waals surface area contributed by atoms with E-state index < -0.39 is 0 Å². The van der Waals surface area contributed by atoms with Crippen LogP contribution < -0.4 is 5.32 Å². The second-order valence-electron chi connectivity index (χ2n) is 6.38. The molecule has 0 radical (unpaired) electrons. The molecule has 1 atom stereocenters. The number of hydrogen-bond acceptors (Lipinski definition) is 3. The Labute approximate surface area is 129 Å². The molecule has 1 fully saturated rings. The Balaban J connectivity index is 1.92. The van der Waals surface area contributed by atoms with Crippen LogP contribution in [-0.4, -0.2) is 45.3 Å². The summed E-state index contributed by atoms with van der Waals surface area (Å²) < 4.78 is 5.28. The van der Waals surface area contributed by atoms with Crippen LogP contribution in [0, 0.1) is 19.8 Å². The van der Waals surface area contributed by atoms with Crippen LogP contribution in [0.4, 0.5) is 0 Å². The molecule has 0 aromatic heterocycles. The molecule has 3 nitrogen and oxygen atoms in total. The van der Waals surface area contributed by atoms with Gasteiger partial charge in [-0.25, -0.2) is 0 Å². The third kappa shape index (κ3) is 4.53. The number of piperidine rings is 1. The van der Waals surface area contributed by atoms with Gasteiger partial charge in [0.05, 0.1) is 0 Å². The monoisotopic (exact) mass is 290 g/mol. The molecule has 1 aromatic rings. The highest BCUT2D eigenvalue weighted by Gasteiger charge is 2.21. The van der Waals surface area contributed by atoms with E-state index in [1.54, 1.807) is 0 Å². The molecule has 1 heterocycles. The van der Waals surface area contributed by atoms with Gasteiger partial charge in [-0.15, -0.1) is 0 Å². The summed E-state index contributed by atoms with van der Waals surface area (Å²) in [6, 6.07) is 7.25. The van der Waals surface area contributed by atoms with E-state index in [4.69, 9.17) is 4.74 Å². The number of benzene rings is 1. The van der Waals surface area contributed by atoms with Crippen molar-refractivity contribution < 1.29 is 4.74 Å². The number of aryl methyl sites for hydroxylation is 2. The number of likely N-dealkylation sites (N-methyl/N-ethyl adjacent to an activating group) is 1. The minimum Gasteiger partial charge on any atom is -0.384 e. The second kappa shape index (κ2) is 7.92. The molecule has 21 heavy (non-hydrogen) atoms. The zero-order chi connectivity index (χ0) is 15.2. The first-order chi connectivity index (χ1) is 10.1. The normalized spacial score (nSPS) is 18.9. The van der Waals surface area contributed by atoms with Crippen molar-refractivity contribution in [3.63, 3.8) is 0 Å². The Morgan fingerprint density at radius 2 is 1.95 bits per heavy atom. The first-order valence-electron chi connectivity index (χ1n) is 8.09. The van der Waals surface area contributed by atoms with E-state index in [1.165, 1.54) is 42.6 Å². The fourth-order valence-electron chi connectivity index (χ4n) is 3.17. The van der Waals surface area contributed by atoms with Crippen molar-refractivity contribution in [3.05, 3.63) is 34.9 Å². The third-order valence-electron chi connectivity index (χ3n) is 4.83. The molecule has 0 aliphatic carbocycles. The molecular formula is C18H30N2O. The summed E-state index contributed by atoms with van der Waals surface area (Å²) in [5, 5.41) is 3.48. The van der Waals surface area contributed by atoms with Crippen molar-refractivity contribution in [2.24, 2.45) is 5.92 Å². The van der Waals surface area contributed by atoms with Gasteiger partial charge >= 0.3 is 0 Å². The lowest BCUT2D eigenvalue weighted by molar-refractivity contribution is 0.0956. The minimum absolute atomic E-state index is 0.420. The molecule has 1 aromatic carbocycles. The van der Waals surface area contributed by atoms with Gasteiger partial charge in [0.15, 0.2) is 0 Å². The molecule has 3 heteroatoms. The van der Waals surface area contributed by atoms with Crippen molar-refractivity contribution in [1.29, 1.82) is 0 Å². The lowest BCUT2D eigenvalue weighted by Gasteiger charge is -2.34. The van der Waals surface area contributed by atoms with Gasteiger partial charge < -0.3 is 15.0 Å². The number of hydrogen-bond donors (Lipinski definition) is 1. The predicted octanol–water partition coefficient (Wildman–Crippen LogP) is 2.92. The highest BCUT2D eigenvalue weighted by Crippen LogP contribution is 2.22. The Morgan fingerprint density at radius 1 is 1.24 bits per heavy atom. The molecule has 118 valence electrons. The largest absolute Gasteiger partial charge is 0.384 e. The van der Waals surface area contributed by atoms with Crippen LogP contribution in [0.5, 0.6) is 0 Å². The Hall–Kier alpha value is -0.900. The number of nitrogens with zero attached hydrogens (tertiary/aromatic N) is 1. The summed E-state index contributed by atoms with van der Waals surface area (Å²) in [6.45, 7) is 8.77. The maximum Gasteiger partial charge on any atom is 0.0491 e. The zero-order valence-electron chi connectivity index (χ0n) is 14.0. The number of likely N-dealkylation sites (tertiary alicyclic amines) is 1. The lowest BCUT2D eigenvalue weighted by Crippen LogP contribution is -2.40. The number of nitrogens with one attached hydrogen (secondary N) is 1. The fraction of sp³-hybridized carbons (Fsp3) is 0.667. The van der Waals surface area contributed by atoms with E-state index in [9.17, 15) is 0 Å². The van der Waals surface area contributed by atoms with Gasteiger partial charge in [0.1, 0.15) is 0 Å². The van der Waals surface area contributed by atoms with E-state index in [0.717, 1.165) is 19.1 Å². The summed E-state index contributed by atoms with van der Waals surface area (Å²) in [4.78, 5) is 2.59. The van der Waals surface area contributed by atoms with Crippen LogP contribution in [-0.2, 0) is 4.74 Å². The van der Waals surface area contributed by atoms with Crippen LogP contribution in [0.2, 0.25) is 0 Å². The summed E-state index contributed by atoms with van der Waals surface area (Å²) in [7, 11) is 3.88. The number of ether oxygens (including phenoxy) is 1. The highest BCUT2D eigenvalue weighted by atomic mass is 16.5. The molecule has 0 bridgehead atoms. The Morgan fingerprint density at radius 3 is 2.52 bits per heavy atom. The van der Waals surface area contributed by atoms with Crippen LogP contribution >= 0.6 is 0 Å². The zero-order valence-corrected chi connectivity index (χ0v) is 14.0. The van der Waals surface area contributed by atoms with Crippen molar-refractivity contribution in [1.82, 2.24) is 10.2 Å². The van der Waals surface area contributed by atoms with Crippen LogP contribution in [0.15, 0.2) is 18.2 Å². The molecule has 1 unspecified atom stereocenters. The van der Waals surface area contributed by atoms with Gasteiger partial charge in [0.2, 0.25) is 0 Å². The topological polar surface area (TPSA) is 24.5 Å². The summed E-state index contributed by atoms with van der Waals surface area (Å²) in [5.41, 5.74) is 4.15. The molecule has 0 amide bonds. The first kappa shape index (κ1) is 16.5. The van der Waals surface area contributed by atoms with E-state index in [2.05, 4.69) is 49.3 Å². The standard InChI is InChI=1S/C18H30N2O/c1-14-5-6-17(11-15(14)2)18(19-3)12-20-9-7-16(8-10-20)13-21-4/h5-6,11,16,18-19H,7-10,12-13H2,1-4H3. The molecule has 1 saturated heterocycles. The minimum atomic E-state index is 0.420. The second-order valence-corrected chi connectivity index (χ2v) is 6.38. The number of methoxy groups -OCH3 is 1. The van der Waals surface area contributed by atoms with Gasteiger partial charge in [-0.2, -0.15) is 0 Å². The SMILES string of the molecule is CNC(CN1CCC(COC)CC1)c1ccc(C)c(C)c1. The van der Waals surface area contributed by atoms with Crippen molar-refractivity contribution in [3.8, 4) is 0 Å². The van der Waals surface area contributed by atoms with Crippen LogP contribution in [0.1, 0.15) is 35.6 Å². The maximum absolute atomic E-state index is 5.28. The highest BCUT2D eigenvalue weighted by molar-refractivity contribution is 5.31. The van der Waals surface area contributed by atoms with E-state index in [0.29, 0.717) is 6.04 Å². The van der Waals surface area contributed by atoms with Gasteiger partial charge in [0.25, 0.3) is 0 Å². The molecule has 1 aliphatic rings. The molecule has 2 rings (SSSR count). The molecule has 0 spiro atoms. The van der Waals surface area contributed by atoms with Crippen molar-refractivity contribution in [2.45, 2.75) is 32.7 Å². The summed E-state index contributed by atoms with van der Waals surface area (Å²) in [6.07, 6.45) is 2.52. The average molecular weight is 290 g/mol. The quantitative estimate of drug-likeness (QED) is 0.872. The van der Waals surface area contributed by atoms with Gasteiger partial charge in [0, 0.05) is 26.3 Å². The summed E-state index contributed by atoms with van der Waals surface area (Å²) >= 11 is 0. The molecule has 0 saturated carbocycles. The predicted molar refractivity (Wildman–Crippen MR) is 88.8 cm³/mol. The third-order valence-corrected chi connectivity index (χ3v) is 4.83. The Bertz CT molecular complexity index is 439. The van der Waals surface area contributed by atoms with Gasteiger partial charge in [-0.05, 0) is 69.4 Å². The van der Waals surface area contributed by atoms with E-state index >= 15 is 0 Å². The van der Waals surface area contributed by atoms with Crippen LogP contribution in [0.25, 0.3) is 0 Å². The van der Waals surface area contributed by atoms with Crippen molar-refractivity contribution in [2.75, 3.05) is 40.4 Å². The van der Waals surface area contributed by atoms with Crippen molar-refractivity contribution >= 4 is 0 Å². The lowest BCUT2D eigenvalue weighted by atomic mass is 9.96. The maximum atomic E-state index is 5.28. The van der Waals surface area contributed by atoms with E-state index in [-0.39, 0.29) is 0 Å². The fourth-order valence-corrected chi connectivity index (χ4v) is 3.17. The van der Waals surface area contributed by atoms with Gasteiger partial charge in [-0.3, -0.25) is 0 Å².